The van der Waals surface area contributed by atoms with E-state index in [1.165, 1.54) is 0 Å². The van der Waals surface area contributed by atoms with Gasteiger partial charge in [-0.3, -0.25) is 9.69 Å². The van der Waals surface area contributed by atoms with Crippen LogP contribution in [0, 0.1) is 0 Å². The molecule has 0 bridgehead atoms. The first-order chi connectivity index (χ1) is 12.9. The summed E-state index contributed by atoms with van der Waals surface area (Å²) in [5.74, 6) is -0.322. The number of nitrogens with two attached hydrogens (primary N) is 1. The van der Waals surface area contributed by atoms with Gasteiger partial charge in [-0.25, -0.2) is 0 Å². The fourth-order valence-corrected chi connectivity index (χ4v) is 4.25. The molecule has 2 aromatic rings. The number of β-amino-alcohol motifs (C(OH)–C–C–N with tert-alkyl or cyclic N) is 1. The van der Waals surface area contributed by atoms with E-state index < -0.39 is 5.41 Å². The predicted molar refractivity (Wildman–Crippen MR) is 108 cm³/mol. The van der Waals surface area contributed by atoms with Crippen LogP contribution in [0.4, 0.5) is 0 Å². The summed E-state index contributed by atoms with van der Waals surface area (Å²) in [7, 11) is 0. The standard InChI is InChI=1S/C23H30N2O2/c1-22(2,25-16-13-20(26)17-25)14-15-23(21(24)27,18-9-5-3-6-10-18)19-11-7-4-8-12-19/h3-12,20,26H,13-17H2,1-2H3,(H2,24,27)/t20-/m1/s1. The van der Waals surface area contributed by atoms with Gasteiger partial charge in [0.2, 0.25) is 5.91 Å². The number of carbonyl (C=O) groups excluding carboxylic acids is 1. The molecular weight excluding hydrogens is 336 g/mol. The maximum Gasteiger partial charge on any atom is 0.232 e. The Kier molecular flexibility index (Phi) is 5.68. The van der Waals surface area contributed by atoms with Crippen LogP contribution in [-0.4, -0.2) is 40.6 Å². The second-order valence-electron chi connectivity index (χ2n) is 8.20. The van der Waals surface area contributed by atoms with Gasteiger partial charge in [-0.05, 0) is 44.2 Å². The first kappa shape index (κ1) is 19.6. The third-order valence-corrected chi connectivity index (χ3v) is 6.09. The van der Waals surface area contributed by atoms with E-state index in [-0.39, 0.29) is 17.6 Å². The van der Waals surface area contributed by atoms with E-state index in [4.69, 9.17) is 5.73 Å². The highest BCUT2D eigenvalue weighted by Crippen LogP contribution is 2.39. The number of primary amides is 1. The zero-order valence-electron chi connectivity index (χ0n) is 16.3. The van der Waals surface area contributed by atoms with E-state index in [1.807, 2.05) is 60.7 Å². The van der Waals surface area contributed by atoms with Crippen molar-refractivity contribution in [2.45, 2.75) is 50.2 Å². The molecule has 0 radical (unpaired) electrons. The van der Waals surface area contributed by atoms with E-state index in [2.05, 4.69) is 18.7 Å². The normalized spacial score (nSPS) is 18.6. The van der Waals surface area contributed by atoms with Crippen LogP contribution in [-0.2, 0) is 10.2 Å². The van der Waals surface area contributed by atoms with Crippen LogP contribution in [0.15, 0.2) is 60.7 Å². The van der Waals surface area contributed by atoms with Crippen LogP contribution >= 0.6 is 0 Å². The summed E-state index contributed by atoms with van der Waals surface area (Å²) in [5, 5.41) is 9.92. The van der Waals surface area contributed by atoms with Crippen LogP contribution < -0.4 is 5.73 Å². The molecule has 4 heteroatoms. The van der Waals surface area contributed by atoms with Gasteiger partial charge in [0.1, 0.15) is 0 Å². The average molecular weight is 367 g/mol. The molecule has 0 unspecified atom stereocenters. The van der Waals surface area contributed by atoms with Gasteiger partial charge < -0.3 is 10.8 Å². The number of rotatable bonds is 7. The monoisotopic (exact) mass is 366 g/mol. The zero-order valence-corrected chi connectivity index (χ0v) is 16.3. The maximum absolute atomic E-state index is 12.9. The number of nitrogens with zero attached hydrogens (tertiary/aromatic N) is 1. The van der Waals surface area contributed by atoms with Gasteiger partial charge in [0.05, 0.1) is 11.5 Å². The van der Waals surface area contributed by atoms with Crippen molar-refractivity contribution in [3.05, 3.63) is 71.8 Å². The van der Waals surface area contributed by atoms with Crippen molar-refractivity contribution in [1.82, 2.24) is 4.90 Å². The summed E-state index contributed by atoms with van der Waals surface area (Å²) >= 11 is 0. The molecule has 144 valence electrons. The Morgan fingerprint density at radius 2 is 1.56 bits per heavy atom. The van der Waals surface area contributed by atoms with E-state index in [9.17, 15) is 9.90 Å². The molecule has 1 heterocycles. The highest BCUT2D eigenvalue weighted by atomic mass is 16.3. The van der Waals surface area contributed by atoms with Crippen molar-refractivity contribution in [3.8, 4) is 0 Å². The number of aliphatic hydroxyl groups is 1. The number of carbonyl (C=O) groups is 1. The van der Waals surface area contributed by atoms with Gasteiger partial charge in [-0.2, -0.15) is 0 Å². The van der Waals surface area contributed by atoms with Gasteiger partial charge in [0.25, 0.3) is 0 Å². The number of likely N-dealkylation sites (tertiary alicyclic amines) is 1. The molecule has 0 aromatic heterocycles. The fourth-order valence-electron chi connectivity index (χ4n) is 4.25. The lowest BCUT2D eigenvalue weighted by Crippen LogP contribution is -2.47. The second kappa shape index (κ2) is 7.83. The molecule has 1 aliphatic rings. The van der Waals surface area contributed by atoms with Crippen molar-refractivity contribution in [1.29, 1.82) is 0 Å². The van der Waals surface area contributed by atoms with E-state index in [1.54, 1.807) is 0 Å². The molecule has 0 aliphatic carbocycles. The van der Waals surface area contributed by atoms with E-state index >= 15 is 0 Å². The van der Waals surface area contributed by atoms with Gasteiger partial charge in [0.15, 0.2) is 0 Å². The van der Waals surface area contributed by atoms with Gasteiger partial charge >= 0.3 is 0 Å². The first-order valence-electron chi connectivity index (χ1n) is 9.70. The van der Waals surface area contributed by atoms with Gasteiger partial charge in [0, 0.05) is 18.6 Å². The number of aliphatic hydroxyl groups excluding tert-OH is 1. The third kappa shape index (κ3) is 3.92. The predicted octanol–water partition coefficient (Wildman–Crippen LogP) is 3.08. The Labute approximate surface area is 162 Å². The van der Waals surface area contributed by atoms with Crippen LogP contribution in [0.25, 0.3) is 0 Å². The van der Waals surface area contributed by atoms with E-state index in [0.29, 0.717) is 13.0 Å². The molecule has 1 amide bonds. The summed E-state index contributed by atoms with van der Waals surface area (Å²) in [5.41, 5.74) is 6.92. The molecule has 4 nitrogen and oxygen atoms in total. The molecule has 3 rings (SSSR count). The van der Waals surface area contributed by atoms with Gasteiger partial charge in [-0.1, -0.05) is 60.7 Å². The fraction of sp³-hybridized carbons (Fsp3) is 0.435. The summed E-state index contributed by atoms with van der Waals surface area (Å²) in [6.07, 6.45) is 1.97. The van der Waals surface area contributed by atoms with Crippen LogP contribution in [0.3, 0.4) is 0 Å². The first-order valence-corrected chi connectivity index (χ1v) is 9.70. The van der Waals surface area contributed by atoms with Crippen LogP contribution in [0.2, 0.25) is 0 Å². The van der Waals surface area contributed by atoms with Crippen molar-refractivity contribution in [2.75, 3.05) is 13.1 Å². The zero-order chi connectivity index (χ0) is 19.5. The lowest BCUT2D eigenvalue weighted by atomic mass is 9.69. The molecule has 27 heavy (non-hydrogen) atoms. The molecule has 0 saturated carbocycles. The molecular formula is C23H30N2O2. The summed E-state index contributed by atoms with van der Waals surface area (Å²) < 4.78 is 0. The SMILES string of the molecule is CC(C)(CCC(C(N)=O)(c1ccccc1)c1ccccc1)N1CC[C@@H](O)C1. The maximum atomic E-state index is 12.9. The largest absolute Gasteiger partial charge is 0.392 e. The van der Waals surface area contributed by atoms with Crippen LogP contribution in [0.1, 0.15) is 44.2 Å². The summed E-state index contributed by atoms with van der Waals surface area (Å²) in [6.45, 7) is 5.95. The molecule has 1 fully saturated rings. The molecule has 1 saturated heterocycles. The average Bonchev–Trinajstić information content (AvgIpc) is 3.11. The Bertz CT molecular complexity index is 719. The molecule has 0 spiro atoms. The minimum absolute atomic E-state index is 0.123. The number of amides is 1. The van der Waals surface area contributed by atoms with Crippen molar-refractivity contribution in [2.24, 2.45) is 5.73 Å². The topological polar surface area (TPSA) is 66.6 Å². The Morgan fingerprint density at radius 1 is 1.04 bits per heavy atom. The Balaban J connectivity index is 1.96. The minimum atomic E-state index is -0.863. The molecule has 1 atom stereocenters. The Hall–Kier alpha value is -2.17. The minimum Gasteiger partial charge on any atom is -0.392 e. The lowest BCUT2D eigenvalue weighted by Gasteiger charge is -2.40. The number of hydrogen-bond donors (Lipinski definition) is 2. The van der Waals surface area contributed by atoms with Gasteiger partial charge in [-0.15, -0.1) is 0 Å². The smallest absolute Gasteiger partial charge is 0.232 e. The quantitative estimate of drug-likeness (QED) is 0.791. The lowest BCUT2D eigenvalue weighted by molar-refractivity contribution is -0.122. The van der Waals surface area contributed by atoms with Crippen molar-refractivity contribution < 1.29 is 9.90 Å². The molecule has 2 aromatic carbocycles. The number of hydrogen-bond acceptors (Lipinski definition) is 3. The van der Waals surface area contributed by atoms with Crippen molar-refractivity contribution in [3.63, 3.8) is 0 Å². The summed E-state index contributed by atoms with van der Waals surface area (Å²) in [6, 6.07) is 19.7. The number of benzene rings is 2. The molecule has 3 N–H and O–H groups in total. The van der Waals surface area contributed by atoms with E-state index in [0.717, 1.165) is 30.5 Å². The molecule has 1 aliphatic heterocycles. The highest BCUT2D eigenvalue weighted by molar-refractivity contribution is 5.90. The Morgan fingerprint density at radius 3 is 1.96 bits per heavy atom. The van der Waals surface area contributed by atoms with Crippen LogP contribution in [0.5, 0.6) is 0 Å². The summed E-state index contributed by atoms with van der Waals surface area (Å²) in [4.78, 5) is 15.2. The highest BCUT2D eigenvalue weighted by Gasteiger charge is 2.43. The van der Waals surface area contributed by atoms with Crippen molar-refractivity contribution >= 4 is 5.91 Å². The third-order valence-electron chi connectivity index (χ3n) is 6.09. The second-order valence-corrected chi connectivity index (χ2v) is 8.20.